The molecule has 0 atom stereocenters. The number of benzene rings is 4. The molecule has 4 nitrogen and oxygen atoms in total. The van der Waals surface area contributed by atoms with Gasteiger partial charge in [-0.2, -0.15) is 8.78 Å². The van der Waals surface area contributed by atoms with Crippen LogP contribution in [0.25, 0.3) is 22.3 Å². The summed E-state index contributed by atoms with van der Waals surface area (Å²) >= 11 is 0. The summed E-state index contributed by atoms with van der Waals surface area (Å²) in [5, 5.41) is 0. The summed E-state index contributed by atoms with van der Waals surface area (Å²) in [5.74, 6) is -7.56. The maximum Gasteiger partial charge on any atom is 0.426 e. The fourth-order valence-electron chi connectivity index (χ4n) is 5.43. The summed E-state index contributed by atoms with van der Waals surface area (Å²) in [7, 11) is 0. The predicted octanol–water partition coefficient (Wildman–Crippen LogP) is 8.68. The van der Waals surface area contributed by atoms with Gasteiger partial charge in [-0.3, -0.25) is 0 Å². The molecule has 0 aliphatic carbocycles. The first-order valence-corrected chi connectivity index (χ1v) is 13.7. The average Bonchev–Trinajstić information content (AvgIpc) is 3.01. The molecule has 4 aromatic rings. The first kappa shape index (κ1) is 29.2. The molecule has 43 heavy (non-hydrogen) atoms. The second-order valence-corrected chi connectivity index (χ2v) is 10.8. The second kappa shape index (κ2) is 11.0. The summed E-state index contributed by atoms with van der Waals surface area (Å²) < 4.78 is 108. The van der Waals surface area contributed by atoms with Crippen LogP contribution < -0.4 is 4.74 Å². The molecular formula is C33H26F6O4. The van der Waals surface area contributed by atoms with Gasteiger partial charge in [-0.25, -0.2) is 17.6 Å². The maximum absolute atomic E-state index is 15.0. The zero-order chi connectivity index (χ0) is 30.4. The van der Waals surface area contributed by atoms with Gasteiger partial charge in [0, 0.05) is 22.6 Å². The highest BCUT2D eigenvalue weighted by atomic mass is 19.3. The Balaban J connectivity index is 1.14. The van der Waals surface area contributed by atoms with Gasteiger partial charge < -0.3 is 18.9 Å². The molecule has 0 unspecified atom stereocenters. The van der Waals surface area contributed by atoms with Crippen molar-refractivity contribution in [2.45, 2.75) is 31.8 Å². The fourth-order valence-corrected chi connectivity index (χ4v) is 5.43. The molecule has 7 rings (SSSR count). The monoisotopic (exact) mass is 600 g/mol. The van der Waals surface area contributed by atoms with E-state index in [-0.39, 0.29) is 16.5 Å². The maximum atomic E-state index is 15.0. The van der Waals surface area contributed by atoms with Crippen LogP contribution in [0.4, 0.5) is 26.3 Å². The molecular weight excluding hydrogens is 574 g/mol. The summed E-state index contributed by atoms with van der Waals surface area (Å²) in [6.45, 7) is 3.75. The third-order valence-electron chi connectivity index (χ3n) is 7.76. The van der Waals surface area contributed by atoms with E-state index in [1.165, 1.54) is 24.3 Å². The van der Waals surface area contributed by atoms with Crippen molar-refractivity contribution < 1.29 is 45.3 Å². The normalized spacial score (nSPS) is 21.7. The topological polar surface area (TPSA) is 36.9 Å². The zero-order valence-electron chi connectivity index (χ0n) is 22.9. The van der Waals surface area contributed by atoms with Crippen LogP contribution in [0, 0.1) is 28.7 Å². The standard InChI is InChI=1S/C33H26F6O4/c1-2-13-31-17-40-33(41-18-31,42-19-31)24-9-5-21(6-10-24)20-3-7-23(8-4-20)32(38,39)43-25-11-12-26(27(34)16-25)22-14-28(35)30(37)29(36)15-22/h3-12,14-16H,2,13,17-19H2,1H3. The molecule has 2 bridgehead atoms. The van der Waals surface area contributed by atoms with Crippen molar-refractivity contribution in [1.29, 1.82) is 0 Å². The van der Waals surface area contributed by atoms with Crippen molar-refractivity contribution in [2.24, 2.45) is 5.41 Å². The van der Waals surface area contributed by atoms with Crippen molar-refractivity contribution in [1.82, 2.24) is 0 Å². The Hall–Kier alpha value is -3.86. The third kappa shape index (κ3) is 5.50. The Labute approximate surface area is 243 Å². The van der Waals surface area contributed by atoms with Crippen molar-refractivity contribution in [3.8, 4) is 28.0 Å². The second-order valence-electron chi connectivity index (χ2n) is 10.8. The number of fused-ring (bicyclic) bond motifs is 3. The molecule has 0 N–H and O–H groups in total. The molecule has 3 heterocycles. The van der Waals surface area contributed by atoms with Gasteiger partial charge in [0.15, 0.2) is 17.5 Å². The van der Waals surface area contributed by atoms with Gasteiger partial charge in [-0.05, 0) is 59.5 Å². The van der Waals surface area contributed by atoms with Gasteiger partial charge in [0.05, 0.1) is 25.4 Å². The minimum Gasteiger partial charge on any atom is -0.429 e. The molecule has 3 fully saturated rings. The first-order chi connectivity index (χ1) is 20.5. The van der Waals surface area contributed by atoms with Crippen LogP contribution in [-0.4, -0.2) is 19.8 Å². The van der Waals surface area contributed by atoms with Gasteiger partial charge in [0.1, 0.15) is 11.6 Å². The molecule has 0 aromatic heterocycles. The van der Waals surface area contributed by atoms with Gasteiger partial charge >= 0.3 is 12.1 Å². The van der Waals surface area contributed by atoms with Crippen LogP contribution >= 0.6 is 0 Å². The lowest BCUT2D eigenvalue weighted by molar-refractivity contribution is -0.480. The van der Waals surface area contributed by atoms with Gasteiger partial charge in [0.25, 0.3) is 0 Å². The summed E-state index contributed by atoms with van der Waals surface area (Å²) in [4.78, 5) is 0. The first-order valence-electron chi connectivity index (χ1n) is 13.7. The quantitative estimate of drug-likeness (QED) is 0.150. The molecule has 4 aromatic carbocycles. The Morgan fingerprint density at radius 2 is 1.26 bits per heavy atom. The van der Waals surface area contributed by atoms with E-state index in [4.69, 9.17) is 18.9 Å². The molecule has 0 spiro atoms. The van der Waals surface area contributed by atoms with E-state index in [2.05, 4.69) is 6.92 Å². The van der Waals surface area contributed by atoms with Crippen molar-refractivity contribution >= 4 is 0 Å². The van der Waals surface area contributed by atoms with Gasteiger partial charge in [0.2, 0.25) is 0 Å². The predicted molar refractivity (Wildman–Crippen MR) is 145 cm³/mol. The minimum atomic E-state index is -3.83. The van der Waals surface area contributed by atoms with Crippen LogP contribution in [0.15, 0.2) is 78.9 Å². The fraction of sp³-hybridized carbons (Fsp3) is 0.273. The zero-order valence-corrected chi connectivity index (χ0v) is 22.9. The highest BCUT2D eigenvalue weighted by molar-refractivity contribution is 5.66. The molecule has 3 aliphatic rings. The number of halogens is 6. The molecule has 0 radical (unpaired) electrons. The van der Waals surface area contributed by atoms with Crippen LogP contribution in [0.1, 0.15) is 30.9 Å². The summed E-state index contributed by atoms with van der Waals surface area (Å²) in [6.07, 6.45) is -1.87. The average molecular weight is 601 g/mol. The Morgan fingerprint density at radius 3 is 1.79 bits per heavy atom. The van der Waals surface area contributed by atoms with E-state index in [0.717, 1.165) is 30.5 Å². The lowest BCUT2D eigenvalue weighted by Crippen LogP contribution is -2.58. The van der Waals surface area contributed by atoms with Crippen molar-refractivity contribution in [3.05, 3.63) is 113 Å². The summed E-state index contributed by atoms with van der Waals surface area (Å²) in [6, 6.07) is 16.6. The van der Waals surface area contributed by atoms with E-state index < -0.39 is 46.7 Å². The highest BCUT2D eigenvalue weighted by Crippen LogP contribution is 2.46. The Kier molecular flexibility index (Phi) is 7.48. The van der Waals surface area contributed by atoms with E-state index in [9.17, 15) is 26.3 Å². The largest absolute Gasteiger partial charge is 0.429 e. The van der Waals surface area contributed by atoms with E-state index in [0.29, 0.717) is 49.1 Å². The molecule has 10 heteroatoms. The summed E-state index contributed by atoms with van der Waals surface area (Å²) in [5.41, 5.74) is 0.912. The SMILES string of the molecule is CCCC12COC(c3ccc(-c4ccc(C(F)(F)Oc5ccc(-c6cc(F)c(F)c(F)c6)c(F)c5)cc4)cc3)(OC1)OC2. The van der Waals surface area contributed by atoms with E-state index in [1.54, 1.807) is 0 Å². The van der Waals surface area contributed by atoms with E-state index >= 15 is 0 Å². The van der Waals surface area contributed by atoms with E-state index in [1.807, 2.05) is 24.3 Å². The van der Waals surface area contributed by atoms with Gasteiger partial charge in [-0.1, -0.05) is 49.7 Å². The minimum absolute atomic E-state index is 0.118. The number of hydrogen-bond acceptors (Lipinski definition) is 4. The smallest absolute Gasteiger partial charge is 0.426 e. The lowest BCUT2D eigenvalue weighted by Gasteiger charge is -2.51. The molecule has 3 saturated heterocycles. The number of rotatable bonds is 8. The lowest BCUT2D eigenvalue weighted by atomic mass is 9.83. The molecule has 3 aliphatic heterocycles. The van der Waals surface area contributed by atoms with Gasteiger partial charge in [-0.15, -0.1) is 0 Å². The number of alkyl halides is 2. The molecule has 0 amide bonds. The molecule has 224 valence electrons. The van der Waals surface area contributed by atoms with Crippen molar-refractivity contribution in [3.63, 3.8) is 0 Å². The highest BCUT2D eigenvalue weighted by Gasteiger charge is 2.53. The third-order valence-corrected chi connectivity index (χ3v) is 7.76. The number of ether oxygens (including phenoxy) is 4. The van der Waals surface area contributed by atoms with Crippen LogP contribution in [0.5, 0.6) is 5.75 Å². The Morgan fingerprint density at radius 1 is 0.698 bits per heavy atom. The van der Waals surface area contributed by atoms with Crippen molar-refractivity contribution in [2.75, 3.05) is 19.8 Å². The Bertz CT molecular complexity index is 1590. The number of hydrogen-bond donors (Lipinski definition) is 0. The van der Waals surface area contributed by atoms with Crippen LogP contribution in [0.3, 0.4) is 0 Å². The van der Waals surface area contributed by atoms with Crippen LogP contribution in [0.2, 0.25) is 0 Å². The molecule has 0 saturated carbocycles. The van der Waals surface area contributed by atoms with Crippen LogP contribution in [-0.2, 0) is 26.3 Å².